The van der Waals surface area contributed by atoms with Crippen LogP contribution in [0, 0.1) is 12.7 Å². The number of ether oxygens (including phenoxy) is 1. The first kappa shape index (κ1) is 14.3. The highest BCUT2D eigenvalue weighted by molar-refractivity contribution is 5.32. The molecular formula is C16H24FNO. The summed E-state index contributed by atoms with van der Waals surface area (Å²) in [5.74, 6) is 0.567. The summed E-state index contributed by atoms with van der Waals surface area (Å²) in [5, 5.41) is 3.57. The monoisotopic (exact) mass is 265 g/mol. The molecule has 106 valence electrons. The van der Waals surface area contributed by atoms with Gasteiger partial charge in [-0.05, 0) is 50.5 Å². The zero-order chi connectivity index (χ0) is 13.7. The Labute approximate surface area is 115 Å². The van der Waals surface area contributed by atoms with E-state index < -0.39 is 0 Å². The molecule has 1 fully saturated rings. The molecule has 0 spiro atoms. The van der Waals surface area contributed by atoms with E-state index in [1.807, 2.05) is 6.92 Å². The first-order valence-electron chi connectivity index (χ1n) is 7.31. The van der Waals surface area contributed by atoms with E-state index in [9.17, 15) is 4.39 Å². The van der Waals surface area contributed by atoms with Crippen molar-refractivity contribution >= 4 is 0 Å². The summed E-state index contributed by atoms with van der Waals surface area (Å²) in [6.07, 6.45) is 6.71. The molecule has 1 unspecified atom stereocenters. The van der Waals surface area contributed by atoms with Crippen LogP contribution in [0.15, 0.2) is 18.2 Å². The van der Waals surface area contributed by atoms with Crippen LogP contribution >= 0.6 is 0 Å². The summed E-state index contributed by atoms with van der Waals surface area (Å²) in [6.45, 7) is 4.78. The van der Waals surface area contributed by atoms with Crippen molar-refractivity contribution in [1.29, 1.82) is 0 Å². The number of benzene rings is 1. The zero-order valence-corrected chi connectivity index (χ0v) is 11.9. The molecule has 2 nitrogen and oxygen atoms in total. The lowest BCUT2D eigenvalue weighted by Crippen LogP contribution is -2.37. The van der Waals surface area contributed by atoms with Gasteiger partial charge in [-0.3, -0.25) is 0 Å². The predicted molar refractivity (Wildman–Crippen MR) is 76.1 cm³/mol. The SMILES string of the molecule is Cc1cc(F)ccc1OC(C)CNC1CCCCC1. The summed E-state index contributed by atoms with van der Waals surface area (Å²) < 4.78 is 18.9. The molecule has 1 aliphatic carbocycles. The quantitative estimate of drug-likeness (QED) is 0.873. The minimum atomic E-state index is -0.210. The summed E-state index contributed by atoms with van der Waals surface area (Å²) in [7, 11) is 0. The maximum Gasteiger partial charge on any atom is 0.123 e. The zero-order valence-electron chi connectivity index (χ0n) is 11.9. The van der Waals surface area contributed by atoms with Crippen LogP contribution < -0.4 is 10.1 Å². The van der Waals surface area contributed by atoms with Gasteiger partial charge in [-0.15, -0.1) is 0 Å². The Morgan fingerprint density at radius 2 is 2.05 bits per heavy atom. The van der Waals surface area contributed by atoms with Crippen LogP contribution in [0.25, 0.3) is 0 Å². The fourth-order valence-corrected chi connectivity index (χ4v) is 2.64. The highest BCUT2D eigenvalue weighted by Crippen LogP contribution is 2.20. The van der Waals surface area contributed by atoms with Crippen molar-refractivity contribution in [1.82, 2.24) is 5.32 Å². The summed E-state index contributed by atoms with van der Waals surface area (Å²) in [6, 6.07) is 5.32. The van der Waals surface area contributed by atoms with E-state index in [4.69, 9.17) is 4.74 Å². The Balaban J connectivity index is 1.78. The van der Waals surface area contributed by atoms with Gasteiger partial charge in [0.15, 0.2) is 0 Å². The van der Waals surface area contributed by atoms with E-state index in [1.165, 1.54) is 44.2 Å². The van der Waals surface area contributed by atoms with Crippen molar-refractivity contribution in [2.24, 2.45) is 0 Å². The molecule has 1 atom stereocenters. The molecule has 0 saturated heterocycles. The van der Waals surface area contributed by atoms with E-state index in [2.05, 4.69) is 12.2 Å². The average Bonchev–Trinajstić information content (AvgIpc) is 2.41. The number of rotatable bonds is 5. The lowest BCUT2D eigenvalue weighted by molar-refractivity contribution is 0.204. The van der Waals surface area contributed by atoms with Gasteiger partial charge in [0.25, 0.3) is 0 Å². The van der Waals surface area contributed by atoms with Crippen LogP contribution in [0.5, 0.6) is 5.75 Å². The lowest BCUT2D eigenvalue weighted by Gasteiger charge is -2.25. The summed E-state index contributed by atoms with van der Waals surface area (Å²) in [4.78, 5) is 0. The third kappa shape index (κ3) is 4.50. The third-order valence-corrected chi connectivity index (χ3v) is 3.76. The Morgan fingerprint density at radius 1 is 1.32 bits per heavy atom. The van der Waals surface area contributed by atoms with Gasteiger partial charge in [0.2, 0.25) is 0 Å². The molecule has 0 amide bonds. The molecule has 19 heavy (non-hydrogen) atoms. The number of nitrogens with one attached hydrogen (secondary N) is 1. The first-order chi connectivity index (χ1) is 9.15. The van der Waals surface area contributed by atoms with Crippen LogP contribution in [0.1, 0.15) is 44.6 Å². The first-order valence-corrected chi connectivity index (χ1v) is 7.31. The minimum Gasteiger partial charge on any atom is -0.489 e. The van der Waals surface area contributed by atoms with Crippen molar-refractivity contribution in [3.8, 4) is 5.75 Å². The molecule has 0 bridgehead atoms. The summed E-state index contributed by atoms with van der Waals surface area (Å²) >= 11 is 0. The molecule has 1 aromatic carbocycles. The smallest absolute Gasteiger partial charge is 0.123 e. The molecule has 0 aliphatic heterocycles. The number of halogens is 1. The van der Waals surface area contributed by atoms with Crippen LogP contribution in [0.3, 0.4) is 0 Å². The van der Waals surface area contributed by atoms with E-state index in [-0.39, 0.29) is 11.9 Å². The second-order valence-electron chi connectivity index (χ2n) is 5.58. The fourth-order valence-electron chi connectivity index (χ4n) is 2.64. The van der Waals surface area contributed by atoms with Crippen molar-refractivity contribution in [2.75, 3.05) is 6.54 Å². The van der Waals surface area contributed by atoms with E-state index in [1.54, 1.807) is 6.07 Å². The Hall–Kier alpha value is -1.09. The van der Waals surface area contributed by atoms with Crippen LogP contribution in [-0.2, 0) is 0 Å². The molecule has 1 saturated carbocycles. The number of hydrogen-bond donors (Lipinski definition) is 1. The normalized spacial score (nSPS) is 18.3. The van der Waals surface area contributed by atoms with Gasteiger partial charge in [0.1, 0.15) is 17.7 Å². The fraction of sp³-hybridized carbons (Fsp3) is 0.625. The molecular weight excluding hydrogens is 241 g/mol. The van der Waals surface area contributed by atoms with E-state index >= 15 is 0 Å². The second kappa shape index (κ2) is 6.90. The van der Waals surface area contributed by atoms with E-state index in [0.717, 1.165) is 17.9 Å². The topological polar surface area (TPSA) is 21.3 Å². The van der Waals surface area contributed by atoms with Crippen LogP contribution in [0.2, 0.25) is 0 Å². The highest BCUT2D eigenvalue weighted by Gasteiger charge is 2.14. The number of aryl methyl sites for hydroxylation is 1. The van der Waals surface area contributed by atoms with Gasteiger partial charge in [0.05, 0.1) is 0 Å². The Kier molecular flexibility index (Phi) is 5.20. The third-order valence-electron chi connectivity index (χ3n) is 3.76. The maximum atomic E-state index is 13.0. The van der Waals surface area contributed by atoms with Gasteiger partial charge in [-0.25, -0.2) is 4.39 Å². The van der Waals surface area contributed by atoms with Crippen LogP contribution in [-0.4, -0.2) is 18.7 Å². The lowest BCUT2D eigenvalue weighted by atomic mass is 9.95. The average molecular weight is 265 g/mol. The van der Waals surface area contributed by atoms with Gasteiger partial charge >= 0.3 is 0 Å². The summed E-state index contributed by atoms with van der Waals surface area (Å²) in [5.41, 5.74) is 0.851. The molecule has 1 aromatic rings. The molecule has 0 aromatic heterocycles. The standard InChI is InChI=1S/C16H24FNO/c1-12-10-14(17)8-9-16(12)19-13(2)11-18-15-6-4-3-5-7-15/h8-10,13,15,18H,3-7,11H2,1-2H3. The molecule has 0 heterocycles. The minimum absolute atomic E-state index is 0.103. The maximum absolute atomic E-state index is 13.0. The van der Waals surface area contributed by atoms with Crippen molar-refractivity contribution in [2.45, 2.75) is 58.1 Å². The molecule has 1 aliphatic rings. The molecule has 3 heteroatoms. The molecule has 2 rings (SSSR count). The van der Waals surface area contributed by atoms with E-state index in [0.29, 0.717) is 6.04 Å². The largest absolute Gasteiger partial charge is 0.489 e. The van der Waals surface area contributed by atoms with Crippen LogP contribution in [0.4, 0.5) is 4.39 Å². The van der Waals surface area contributed by atoms with Crippen molar-refractivity contribution < 1.29 is 9.13 Å². The predicted octanol–water partition coefficient (Wildman–Crippen LogP) is 3.82. The van der Waals surface area contributed by atoms with Crippen molar-refractivity contribution in [3.63, 3.8) is 0 Å². The molecule has 1 N–H and O–H groups in total. The van der Waals surface area contributed by atoms with Gasteiger partial charge in [0, 0.05) is 12.6 Å². The van der Waals surface area contributed by atoms with Gasteiger partial charge in [-0.2, -0.15) is 0 Å². The molecule has 0 radical (unpaired) electrons. The van der Waals surface area contributed by atoms with Crippen molar-refractivity contribution in [3.05, 3.63) is 29.6 Å². The highest BCUT2D eigenvalue weighted by atomic mass is 19.1. The number of hydrogen-bond acceptors (Lipinski definition) is 2. The Morgan fingerprint density at radius 3 is 2.74 bits per heavy atom. The second-order valence-corrected chi connectivity index (χ2v) is 5.58. The van der Waals surface area contributed by atoms with Gasteiger partial charge < -0.3 is 10.1 Å². The van der Waals surface area contributed by atoms with Gasteiger partial charge in [-0.1, -0.05) is 19.3 Å². The Bertz CT molecular complexity index is 402.